The molecule has 1 N–H and O–H groups in total. The second-order valence-corrected chi connectivity index (χ2v) is 2.50. The molecule has 1 aromatic heterocycles. The van der Waals surface area contributed by atoms with E-state index in [1.165, 1.54) is 13.3 Å². The summed E-state index contributed by atoms with van der Waals surface area (Å²) in [4.78, 5) is 19.2. The molecule has 5 heteroatoms. The first-order chi connectivity index (χ1) is 6.24. The Morgan fingerprint density at radius 3 is 3.08 bits per heavy atom. The number of aromatic nitrogens is 1. The molecule has 5 nitrogen and oxygen atoms in total. The fraction of sp³-hybridized carbons (Fsp3) is 0.375. The van der Waals surface area contributed by atoms with Crippen molar-refractivity contribution in [2.75, 3.05) is 13.7 Å². The second kappa shape index (κ2) is 4.51. The van der Waals surface area contributed by atoms with E-state index in [2.05, 4.69) is 9.82 Å². The van der Waals surface area contributed by atoms with Gasteiger partial charge in [0.15, 0.2) is 7.11 Å². The Morgan fingerprint density at radius 2 is 2.54 bits per heavy atom. The van der Waals surface area contributed by atoms with Gasteiger partial charge < -0.3 is 5.11 Å². The Balaban J connectivity index is 2.59. The third-order valence-corrected chi connectivity index (χ3v) is 1.59. The summed E-state index contributed by atoms with van der Waals surface area (Å²) in [7, 11) is 1.25. The Labute approximate surface area is 75.5 Å². The minimum absolute atomic E-state index is 0.123. The molecular formula is C8H11N2O3+. The normalized spacial score (nSPS) is 12.2. The van der Waals surface area contributed by atoms with Gasteiger partial charge in [-0.3, -0.25) is 4.98 Å². The average molecular weight is 183 g/mol. The van der Waals surface area contributed by atoms with Crippen molar-refractivity contribution in [1.82, 2.24) is 4.98 Å². The monoisotopic (exact) mass is 183 g/mol. The molecule has 0 spiro atoms. The van der Waals surface area contributed by atoms with Gasteiger partial charge >= 0.3 is 0 Å². The fourth-order valence-corrected chi connectivity index (χ4v) is 0.894. The van der Waals surface area contributed by atoms with Crippen LogP contribution in [0.2, 0.25) is 0 Å². The topological polar surface area (TPSA) is 62.4 Å². The van der Waals surface area contributed by atoms with Gasteiger partial charge in [-0.05, 0) is 6.07 Å². The van der Waals surface area contributed by atoms with Gasteiger partial charge in [0.05, 0.1) is 4.91 Å². The van der Waals surface area contributed by atoms with Crippen molar-refractivity contribution in [2.24, 2.45) is 0 Å². The molecular weight excluding hydrogens is 172 g/mol. The molecule has 0 fully saturated rings. The highest BCUT2D eigenvalue weighted by Gasteiger charge is 2.18. The van der Waals surface area contributed by atoms with E-state index in [-0.39, 0.29) is 6.54 Å². The smallest absolute Gasteiger partial charge is 0.277 e. The van der Waals surface area contributed by atoms with Crippen LogP contribution in [0.1, 0.15) is 11.7 Å². The van der Waals surface area contributed by atoms with Crippen LogP contribution in [0, 0.1) is 4.91 Å². The lowest BCUT2D eigenvalue weighted by Crippen LogP contribution is -2.16. The molecule has 1 rings (SSSR count). The lowest BCUT2D eigenvalue weighted by molar-refractivity contribution is -0.799. The molecule has 0 aliphatic carbocycles. The first-order valence-corrected chi connectivity index (χ1v) is 3.81. The largest absolute Gasteiger partial charge is 0.381 e. The summed E-state index contributed by atoms with van der Waals surface area (Å²) < 4.78 is 0. The number of hydrogen-bond donors (Lipinski definition) is 1. The molecule has 0 radical (unpaired) electrons. The Bertz CT molecular complexity index is 276. The lowest BCUT2D eigenvalue weighted by Gasteiger charge is -2.02. The molecule has 0 aliphatic rings. The SMILES string of the molecule is CO[N+](=O)CC(O)c1cccnc1. The van der Waals surface area contributed by atoms with Gasteiger partial charge in [0.25, 0.3) is 6.54 Å². The Hall–Kier alpha value is -1.49. The van der Waals surface area contributed by atoms with Crippen molar-refractivity contribution >= 4 is 0 Å². The van der Waals surface area contributed by atoms with Crippen LogP contribution in [0.4, 0.5) is 0 Å². The van der Waals surface area contributed by atoms with Gasteiger partial charge in [0.1, 0.15) is 6.10 Å². The van der Waals surface area contributed by atoms with Crippen molar-refractivity contribution < 1.29 is 14.9 Å². The summed E-state index contributed by atoms with van der Waals surface area (Å²) in [6.45, 7) is -0.123. The second-order valence-electron chi connectivity index (χ2n) is 2.50. The summed E-state index contributed by atoms with van der Waals surface area (Å²) in [6, 6.07) is 3.39. The van der Waals surface area contributed by atoms with E-state index in [0.29, 0.717) is 10.5 Å². The first kappa shape index (κ1) is 9.60. The zero-order chi connectivity index (χ0) is 9.68. The molecule has 1 atom stereocenters. The van der Waals surface area contributed by atoms with Gasteiger partial charge in [-0.25, -0.2) is 4.84 Å². The molecule has 1 aromatic rings. The minimum Gasteiger partial charge on any atom is -0.381 e. The van der Waals surface area contributed by atoms with Crippen LogP contribution in [-0.2, 0) is 4.84 Å². The quantitative estimate of drug-likeness (QED) is 0.688. The van der Waals surface area contributed by atoms with E-state index in [4.69, 9.17) is 0 Å². The van der Waals surface area contributed by atoms with Crippen molar-refractivity contribution in [3.63, 3.8) is 0 Å². The van der Waals surface area contributed by atoms with Crippen molar-refractivity contribution in [3.05, 3.63) is 35.0 Å². The van der Waals surface area contributed by atoms with E-state index < -0.39 is 6.10 Å². The number of pyridine rings is 1. The molecule has 13 heavy (non-hydrogen) atoms. The van der Waals surface area contributed by atoms with Crippen molar-refractivity contribution in [2.45, 2.75) is 6.10 Å². The number of aliphatic hydroxyl groups excluding tert-OH is 1. The average Bonchev–Trinajstić information content (AvgIpc) is 2.19. The van der Waals surface area contributed by atoms with E-state index in [1.807, 2.05) is 0 Å². The highest BCUT2D eigenvalue weighted by molar-refractivity contribution is 5.11. The predicted molar refractivity (Wildman–Crippen MR) is 44.7 cm³/mol. The molecule has 0 aliphatic heterocycles. The summed E-state index contributed by atoms with van der Waals surface area (Å²) >= 11 is 0. The van der Waals surface area contributed by atoms with Crippen LogP contribution >= 0.6 is 0 Å². The van der Waals surface area contributed by atoms with Gasteiger partial charge in [0.2, 0.25) is 4.92 Å². The summed E-state index contributed by atoms with van der Waals surface area (Å²) in [6.07, 6.45) is 2.24. The molecule has 1 unspecified atom stereocenters. The van der Waals surface area contributed by atoms with Crippen LogP contribution in [0.25, 0.3) is 0 Å². The number of hydrogen-bond acceptors (Lipinski definition) is 4. The zero-order valence-electron chi connectivity index (χ0n) is 7.25. The van der Waals surface area contributed by atoms with E-state index >= 15 is 0 Å². The molecule has 1 heterocycles. The van der Waals surface area contributed by atoms with Gasteiger partial charge in [-0.15, -0.1) is 0 Å². The molecule has 0 amide bonds. The van der Waals surface area contributed by atoms with Crippen LogP contribution in [0.3, 0.4) is 0 Å². The Morgan fingerprint density at radius 1 is 1.77 bits per heavy atom. The van der Waals surface area contributed by atoms with Crippen molar-refractivity contribution in [3.8, 4) is 0 Å². The summed E-state index contributed by atoms with van der Waals surface area (Å²) in [5, 5.41) is 9.46. The molecule has 0 saturated carbocycles. The number of aliphatic hydroxyl groups is 1. The van der Waals surface area contributed by atoms with Crippen LogP contribution < -0.4 is 0 Å². The Kier molecular flexibility index (Phi) is 3.33. The van der Waals surface area contributed by atoms with Gasteiger partial charge in [0, 0.05) is 18.0 Å². The first-order valence-electron chi connectivity index (χ1n) is 3.81. The van der Waals surface area contributed by atoms with Gasteiger partial charge in [-0.2, -0.15) is 0 Å². The molecule has 70 valence electrons. The minimum atomic E-state index is -0.869. The zero-order valence-corrected chi connectivity index (χ0v) is 7.25. The third-order valence-electron chi connectivity index (χ3n) is 1.59. The van der Waals surface area contributed by atoms with E-state index in [1.54, 1.807) is 18.3 Å². The van der Waals surface area contributed by atoms with E-state index in [0.717, 1.165) is 0 Å². The molecule has 0 saturated heterocycles. The molecule has 0 aromatic carbocycles. The standard InChI is InChI=1S/C8H11N2O3/c1-13-10(12)6-8(11)7-3-2-4-9-5-7/h2-5,8,11H,6H2,1H3/q+1. The molecule has 0 bridgehead atoms. The number of nitrogens with zero attached hydrogens (tertiary/aromatic N) is 2. The van der Waals surface area contributed by atoms with E-state index in [9.17, 15) is 10.0 Å². The predicted octanol–water partition coefficient (Wildman–Crippen LogP) is 0.455. The maximum atomic E-state index is 10.7. The highest BCUT2D eigenvalue weighted by Crippen LogP contribution is 2.10. The maximum absolute atomic E-state index is 10.7. The van der Waals surface area contributed by atoms with Gasteiger partial charge in [-0.1, -0.05) is 6.07 Å². The van der Waals surface area contributed by atoms with Crippen LogP contribution in [0.15, 0.2) is 24.5 Å². The van der Waals surface area contributed by atoms with Crippen LogP contribution in [-0.4, -0.2) is 28.7 Å². The highest BCUT2D eigenvalue weighted by atomic mass is 16.8. The lowest BCUT2D eigenvalue weighted by atomic mass is 10.2. The maximum Gasteiger partial charge on any atom is 0.277 e. The number of rotatable bonds is 4. The van der Waals surface area contributed by atoms with Crippen LogP contribution in [0.5, 0.6) is 0 Å². The fourth-order valence-electron chi connectivity index (χ4n) is 0.894. The summed E-state index contributed by atoms with van der Waals surface area (Å²) in [5.74, 6) is 0. The van der Waals surface area contributed by atoms with Crippen molar-refractivity contribution in [1.29, 1.82) is 0 Å². The third kappa shape index (κ3) is 2.79. The summed E-state index contributed by atoms with van der Waals surface area (Å²) in [5.41, 5.74) is 0.598.